The minimum atomic E-state index is 0.116. The van der Waals surface area contributed by atoms with Crippen LogP contribution in [0.25, 0.3) is 10.9 Å². The smallest absolute Gasteiger partial charge is 0.242 e. The highest BCUT2D eigenvalue weighted by Crippen LogP contribution is 2.21. The van der Waals surface area contributed by atoms with Crippen LogP contribution in [-0.2, 0) is 16.1 Å². The Morgan fingerprint density at radius 3 is 2.85 bits per heavy atom. The summed E-state index contributed by atoms with van der Waals surface area (Å²) in [6.07, 6.45) is 7.26. The molecule has 6 heteroatoms. The number of aliphatic imine (C=N–C) groups is 1. The Balaban J connectivity index is 1.61. The van der Waals surface area contributed by atoms with E-state index in [4.69, 9.17) is 4.74 Å². The van der Waals surface area contributed by atoms with Gasteiger partial charge in [0.05, 0.1) is 25.1 Å². The summed E-state index contributed by atoms with van der Waals surface area (Å²) in [6.45, 7) is 2.87. The van der Waals surface area contributed by atoms with E-state index in [0.29, 0.717) is 32.8 Å². The third-order valence-corrected chi connectivity index (χ3v) is 4.49. The monoisotopic (exact) mass is 348 g/mol. The Hall–Kier alpha value is -2.99. The zero-order chi connectivity index (χ0) is 17.8. The fourth-order valence-corrected chi connectivity index (χ4v) is 3.14. The van der Waals surface area contributed by atoms with Crippen molar-refractivity contribution in [1.29, 1.82) is 0 Å². The van der Waals surface area contributed by atoms with E-state index in [2.05, 4.69) is 16.0 Å². The molecule has 0 unspecified atom stereocenters. The Kier molecular flexibility index (Phi) is 4.75. The fraction of sp³-hybridized carbons (Fsp3) is 0.250. The summed E-state index contributed by atoms with van der Waals surface area (Å²) in [5, 5.41) is 1.08. The molecule has 0 aliphatic carbocycles. The summed E-state index contributed by atoms with van der Waals surface area (Å²) in [6, 6.07) is 11.8. The van der Waals surface area contributed by atoms with Gasteiger partial charge in [-0.25, -0.2) is 0 Å². The molecule has 0 radical (unpaired) electrons. The van der Waals surface area contributed by atoms with Crippen LogP contribution in [0.15, 0.2) is 60.0 Å². The van der Waals surface area contributed by atoms with Gasteiger partial charge in [-0.15, -0.1) is 0 Å². The first-order valence-electron chi connectivity index (χ1n) is 8.69. The third kappa shape index (κ3) is 3.50. The third-order valence-electron chi connectivity index (χ3n) is 4.49. The van der Waals surface area contributed by atoms with Gasteiger partial charge in [0.15, 0.2) is 0 Å². The molecule has 1 aromatic carbocycles. The fourth-order valence-electron chi connectivity index (χ4n) is 3.14. The van der Waals surface area contributed by atoms with Gasteiger partial charge in [0.1, 0.15) is 6.54 Å². The van der Waals surface area contributed by atoms with Gasteiger partial charge in [-0.1, -0.05) is 18.2 Å². The van der Waals surface area contributed by atoms with Crippen molar-refractivity contribution in [3.8, 4) is 0 Å². The summed E-state index contributed by atoms with van der Waals surface area (Å²) in [5.74, 6) is 0.116. The maximum Gasteiger partial charge on any atom is 0.242 e. The molecule has 0 saturated carbocycles. The molecule has 26 heavy (non-hydrogen) atoms. The van der Waals surface area contributed by atoms with Crippen LogP contribution in [0.5, 0.6) is 0 Å². The molecule has 0 N–H and O–H groups in total. The molecule has 1 aliphatic heterocycles. The second-order valence-electron chi connectivity index (χ2n) is 6.19. The largest absolute Gasteiger partial charge is 0.378 e. The van der Waals surface area contributed by atoms with Crippen LogP contribution < -0.4 is 0 Å². The molecule has 0 atom stereocenters. The molecular weight excluding hydrogens is 328 g/mol. The van der Waals surface area contributed by atoms with E-state index >= 15 is 0 Å². The van der Waals surface area contributed by atoms with Gasteiger partial charge in [0.25, 0.3) is 0 Å². The number of aromatic nitrogens is 2. The zero-order valence-electron chi connectivity index (χ0n) is 14.4. The average molecular weight is 348 g/mol. The minimum absolute atomic E-state index is 0.116. The molecule has 1 saturated heterocycles. The van der Waals surface area contributed by atoms with Gasteiger partial charge in [0.2, 0.25) is 5.91 Å². The Labute approximate surface area is 151 Å². The van der Waals surface area contributed by atoms with E-state index < -0.39 is 0 Å². The summed E-state index contributed by atoms with van der Waals surface area (Å²) in [7, 11) is 0. The van der Waals surface area contributed by atoms with Crippen LogP contribution in [-0.4, -0.2) is 52.9 Å². The molecule has 6 nitrogen and oxygen atoms in total. The number of fused-ring (bicyclic) bond motifs is 1. The molecule has 1 amide bonds. The van der Waals surface area contributed by atoms with Crippen LogP contribution in [0, 0.1) is 0 Å². The van der Waals surface area contributed by atoms with E-state index in [-0.39, 0.29) is 5.91 Å². The number of carbonyl (C=O) groups excluding carboxylic acids is 1. The molecule has 0 bridgehead atoms. The van der Waals surface area contributed by atoms with Gasteiger partial charge >= 0.3 is 0 Å². The van der Waals surface area contributed by atoms with Crippen molar-refractivity contribution >= 4 is 28.7 Å². The SMILES string of the molecule is O=C(Cn1cc(C=Nc2cccnc2)c2ccccc21)N1CCOCC1. The van der Waals surface area contributed by atoms with Gasteiger partial charge in [-0.05, 0) is 18.2 Å². The van der Waals surface area contributed by atoms with Crippen LogP contribution in [0.2, 0.25) is 0 Å². The van der Waals surface area contributed by atoms with Crippen LogP contribution in [0.4, 0.5) is 5.69 Å². The van der Waals surface area contributed by atoms with Crippen LogP contribution in [0.3, 0.4) is 0 Å². The van der Waals surface area contributed by atoms with Crippen molar-refractivity contribution in [3.63, 3.8) is 0 Å². The summed E-state index contributed by atoms with van der Waals surface area (Å²) >= 11 is 0. The van der Waals surface area contributed by atoms with Crippen molar-refractivity contribution in [1.82, 2.24) is 14.5 Å². The Morgan fingerprint density at radius 2 is 2.04 bits per heavy atom. The number of nitrogens with zero attached hydrogens (tertiary/aromatic N) is 4. The lowest BCUT2D eigenvalue weighted by atomic mass is 10.2. The lowest BCUT2D eigenvalue weighted by molar-refractivity contribution is -0.135. The number of amides is 1. The number of hydrogen-bond donors (Lipinski definition) is 0. The quantitative estimate of drug-likeness (QED) is 0.681. The van der Waals surface area contributed by atoms with Crippen molar-refractivity contribution in [2.45, 2.75) is 6.54 Å². The number of ether oxygens (including phenoxy) is 1. The van der Waals surface area contributed by atoms with Crippen molar-refractivity contribution in [3.05, 3.63) is 60.6 Å². The van der Waals surface area contributed by atoms with Crippen molar-refractivity contribution in [2.24, 2.45) is 4.99 Å². The topological polar surface area (TPSA) is 59.7 Å². The first kappa shape index (κ1) is 16.5. The highest BCUT2D eigenvalue weighted by Gasteiger charge is 2.18. The number of pyridine rings is 1. The molecule has 0 spiro atoms. The highest BCUT2D eigenvalue weighted by molar-refractivity contribution is 6.00. The predicted octanol–water partition coefficient (Wildman–Crippen LogP) is 2.65. The van der Waals surface area contributed by atoms with E-state index in [9.17, 15) is 4.79 Å². The van der Waals surface area contributed by atoms with E-state index in [0.717, 1.165) is 22.2 Å². The minimum Gasteiger partial charge on any atom is -0.378 e. The van der Waals surface area contributed by atoms with Crippen molar-refractivity contribution < 1.29 is 9.53 Å². The Morgan fingerprint density at radius 1 is 1.19 bits per heavy atom. The predicted molar refractivity (Wildman–Crippen MR) is 101 cm³/mol. The average Bonchev–Trinajstić information content (AvgIpc) is 3.05. The normalized spacial score (nSPS) is 15.0. The molecule has 3 heterocycles. The molecule has 1 aliphatic rings. The van der Waals surface area contributed by atoms with E-state index in [1.807, 2.05) is 52.2 Å². The van der Waals surface area contributed by atoms with Crippen LogP contribution in [0.1, 0.15) is 5.56 Å². The number of rotatable bonds is 4. The highest BCUT2D eigenvalue weighted by atomic mass is 16.5. The van der Waals surface area contributed by atoms with Gasteiger partial charge in [0, 0.05) is 48.2 Å². The molecule has 2 aromatic heterocycles. The Bertz CT molecular complexity index is 927. The molecule has 3 aromatic rings. The molecule has 132 valence electrons. The maximum absolute atomic E-state index is 12.6. The first-order valence-corrected chi connectivity index (χ1v) is 8.69. The number of morpholine rings is 1. The maximum atomic E-state index is 12.6. The standard InChI is InChI=1S/C20H20N4O2/c25-20(23-8-10-26-11-9-23)15-24-14-16(18-5-1-2-6-19(18)24)12-22-17-4-3-7-21-13-17/h1-7,12-14H,8-11,15H2. The molecular formula is C20H20N4O2. The zero-order valence-corrected chi connectivity index (χ0v) is 14.4. The first-order chi connectivity index (χ1) is 12.8. The number of benzene rings is 1. The number of para-hydroxylation sites is 1. The lowest BCUT2D eigenvalue weighted by Crippen LogP contribution is -2.42. The van der Waals surface area contributed by atoms with Crippen LogP contribution >= 0.6 is 0 Å². The van der Waals surface area contributed by atoms with E-state index in [1.165, 1.54) is 0 Å². The summed E-state index contributed by atoms with van der Waals surface area (Å²) in [4.78, 5) is 23.0. The van der Waals surface area contributed by atoms with Gasteiger partial charge in [-0.3, -0.25) is 14.8 Å². The molecule has 1 fully saturated rings. The molecule has 4 rings (SSSR count). The van der Waals surface area contributed by atoms with Gasteiger partial charge < -0.3 is 14.2 Å². The summed E-state index contributed by atoms with van der Waals surface area (Å²) in [5.41, 5.74) is 2.81. The second-order valence-corrected chi connectivity index (χ2v) is 6.19. The van der Waals surface area contributed by atoms with Crippen molar-refractivity contribution in [2.75, 3.05) is 26.3 Å². The number of hydrogen-bond acceptors (Lipinski definition) is 4. The van der Waals surface area contributed by atoms with E-state index in [1.54, 1.807) is 12.4 Å². The summed E-state index contributed by atoms with van der Waals surface area (Å²) < 4.78 is 7.32. The second kappa shape index (κ2) is 7.49. The van der Waals surface area contributed by atoms with Gasteiger partial charge in [-0.2, -0.15) is 0 Å². The number of carbonyl (C=O) groups is 1. The lowest BCUT2D eigenvalue weighted by Gasteiger charge is -2.27.